The van der Waals surface area contributed by atoms with Crippen LogP contribution >= 0.6 is 23.8 Å². The van der Waals surface area contributed by atoms with Gasteiger partial charge in [-0.1, -0.05) is 23.8 Å². The van der Waals surface area contributed by atoms with Crippen molar-refractivity contribution >= 4 is 28.8 Å². The second-order valence-electron chi connectivity index (χ2n) is 4.92. The van der Waals surface area contributed by atoms with E-state index in [9.17, 15) is 0 Å². The zero-order valence-corrected chi connectivity index (χ0v) is 12.6. The van der Waals surface area contributed by atoms with Crippen molar-refractivity contribution in [3.8, 4) is 5.75 Å². The van der Waals surface area contributed by atoms with Gasteiger partial charge in [0, 0.05) is 11.6 Å². The molecule has 0 saturated carbocycles. The number of nitrogens with two attached hydrogens (primary N) is 1. The Morgan fingerprint density at radius 1 is 1.58 bits per heavy atom. The molecule has 1 aliphatic heterocycles. The highest BCUT2D eigenvalue weighted by molar-refractivity contribution is 7.80. The van der Waals surface area contributed by atoms with Gasteiger partial charge < -0.3 is 15.4 Å². The minimum atomic E-state index is 0.348. The Morgan fingerprint density at radius 2 is 2.37 bits per heavy atom. The Bertz CT molecular complexity index is 467. The summed E-state index contributed by atoms with van der Waals surface area (Å²) in [7, 11) is 2.17. The number of thiocarbonyl (C=S) groups is 1. The number of ether oxygens (including phenoxy) is 1. The van der Waals surface area contributed by atoms with Crippen LogP contribution in [-0.4, -0.2) is 36.1 Å². The van der Waals surface area contributed by atoms with E-state index in [2.05, 4.69) is 11.9 Å². The highest BCUT2D eigenvalue weighted by atomic mass is 35.5. The highest BCUT2D eigenvalue weighted by Gasteiger charge is 2.20. The quantitative estimate of drug-likeness (QED) is 0.849. The summed E-state index contributed by atoms with van der Waals surface area (Å²) in [4.78, 5) is 2.74. The molecule has 1 aliphatic rings. The maximum atomic E-state index is 6.15. The predicted octanol–water partition coefficient (Wildman–Crippen LogP) is 2.84. The summed E-state index contributed by atoms with van der Waals surface area (Å²) >= 11 is 11.1. The van der Waals surface area contributed by atoms with Gasteiger partial charge in [-0.2, -0.15) is 0 Å². The third-order valence-electron chi connectivity index (χ3n) is 3.60. The van der Waals surface area contributed by atoms with Crippen LogP contribution in [0.3, 0.4) is 0 Å². The molecule has 1 fully saturated rings. The van der Waals surface area contributed by atoms with Gasteiger partial charge in [-0.3, -0.25) is 0 Å². The fraction of sp³-hybridized carbons (Fsp3) is 0.500. The zero-order valence-electron chi connectivity index (χ0n) is 11.1. The Labute approximate surface area is 124 Å². The standard InChI is InChI=1S/C14H19ClN2OS/c1-17-7-2-3-11(17)6-8-18-13-5-4-10(14(16)19)9-12(13)15/h4-5,9,11H,2-3,6-8H2,1H3,(H2,16,19). The Hall–Kier alpha value is -0.840. The largest absolute Gasteiger partial charge is 0.492 e. The summed E-state index contributed by atoms with van der Waals surface area (Å²) in [6.07, 6.45) is 3.57. The van der Waals surface area contributed by atoms with E-state index in [0.29, 0.717) is 28.4 Å². The molecule has 1 saturated heterocycles. The van der Waals surface area contributed by atoms with Crippen molar-refractivity contribution in [2.75, 3.05) is 20.2 Å². The fourth-order valence-electron chi connectivity index (χ4n) is 2.42. The first-order valence-electron chi connectivity index (χ1n) is 6.50. The molecule has 2 N–H and O–H groups in total. The van der Waals surface area contributed by atoms with Crippen molar-refractivity contribution in [1.82, 2.24) is 4.90 Å². The molecule has 0 radical (unpaired) electrons. The van der Waals surface area contributed by atoms with Crippen LogP contribution in [0.15, 0.2) is 18.2 Å². The maximum absolute atomic E-state index is 6.15. The van der Waals surface area contributed by atoms with E-state index in [-0.39, 0.29) is 0 Å². The molecule has 1 aromatic carbocycles. The summed E-state index contributed by atoms with van der Waals surface area (Å²) < 4.78 is 5.74. The van der Waals surface area contributed by atoms with Gasteiger partial charge in [0.25, 0.3) is 0 Å². The normalized spacial score (nSPS) is 19.6. The van der Waals surface area contributed by atoms with Crippen molar-refractivity contribution < 1.29 is 4.74 Å². The predicted molar refractivity (Wildman–Crippen MR) is 83.1 cm³/mol. The molecule has 0 bridgehead atoms. The molecular formula is C14H19ClN2OS. The smallest absolute Gasteiger partial charge is 0.137 e. The van der Waals surface area contributed by atoms with Crippen LogP contribution in [0.25, 0.3) is 0 Å². The SMILES string of the molecule is CN1CCCC1CCOc1ccc(C(N)=S)cc1Cl. The number of hydrogen-bond donors (Lipinski definition) is 1. The Kier molecular flexibility index (Phi) is 5.02. The number of benzene rings is 1. The van der Waals surface area contributed by atoms with Crippen LogP contribution in [0, 0.1) is 0 Å². The molecule has 2 rings (SSSR count). The Morgan fingerprint density at radius 3 is 2.95 bits per heavy atom. The minimum Gasteiger partial charge on any atom is -0.492 e. The third kappa shape index (κ3) is 3.81. The topological polar surface area (TPSA) is 38.5 Å². The van der Waals surface area contributed by atoms with Crippen molar-refractivity contribution in [3.63, 3.8) is 0 Å². The number of hydrogen-bond acceptors (Lipinski definition) is 3. The molecule has 1 aromatic rings. The molecule has 104 valence electrons. The van der Waals surface area contributed by atoms with Gasteiger partial charge >= 0.3 is 0 Å². The molecule has 0 spiro atoms. The van der Waals surface area contributed by atoms with Crippen LogP contribution in [0.2, 0.25) is 5.02 Å². The Balaban J connectivity index is 1.87. The number of halogens is 1. The van der Waals surface area contributed by atoms with E-state index in [1.165, 1.54) is 19.4 Å². The lowest BCUT2D eigenvalue weighted by Gasteiger charge is -2.19. The summed E-state index contributed by atoms with van der Waals surface area (Å²) in [5, 5.41) is 0.560. The molecule has 5 heteroatoms. The first-order chi connectivity index (χ1) is 9.08. The van der Waals surface area contributed by atoms with Crippen LogP contribution in [0.5, 0.6) is 5.75 Å². The van der Waals surface area contributed by atoms with E-state index < -0.39 is 0 Å². The average molecular weight is 299 g/mol. The van der Waals surface area contributed by atoms with Crippen molar-refractivity contribution in [1.29, 1.82) is 0 Å². The lowest BCUT2D eigenvalue weighted by molar-refractivity contribution is 0.233. The fourth-order valence-corrected chi connectivity index (χ4v) is 2.78. The molecule has 0 aliphatic carbocycles. The van der Waals surface area contributed by atoms with Crippen molar-refractivity contribution in [2.45, 2.75) is 25.3 Å². The molecule has 3 nitrogen and oxygen atoms in total. The third-order valence-corrected chi connectivity index (χ3v) is 4.13. The average Bonchev–Trinajstić information content (AvgIpc) is 2.77. The molecular weight excluding hydrogens is 280 g/mol. The van der Waals surface area contributed by atoms with Crippen LogP contribution in [0.4, 0.5) is 0 Å². The monoisotopic (exact) mass is 298 g/mol. The summed E-state index contributed by atoms with van der Waals surface area (Å²) in [6.45, 7) is 1.87. The first kappa shape index (κ1) is 14.6. The first-order valence-corrected chi connectivity index (χ1v) is 7.29. The van der Waals surface area contributed by atoms with E-state index in [4.69, 9.17) is 34.3 Å². The van der Waals surface area contributed by atoms with Gasteiger partial charge in [0.05, 0.1) is 11.6 Å². The molecule has 1 atom stereocenters. The van der Waals surface area contributed by atoms with E-state index >= 15 is 0 Å². The van der Waals surface area contributed by atoms with Gasteiger partial charge in [0.15, 0.2) is 0 Å². The van der Waals surface area contributed by atoms with Gasteiger partial charge in [0.1, 0.15) is 10.7 Å². The van der Waals surface area contributed by atoms with Gasteiger partial charge in [-0.15, -0.1) is 0 Å². The van der Waals surface area contributed by atoms with Crippen LogP contribution in [-0.2, 0) is 0 Å². The van der Waals surface area contributed by atoms with Crippen LogP contribution in [0.1, 0.15) is 24.8 Å². The molecule has 19 heavy (non-hydrogen) atoms. The van der Waals surface area contributed by atoms with E-state index in [0.717, 1.165) is 12.0 Å². The summed E-state index contributed by atoms with van der Waals surface area (Å²) in [6, 6.07) is 6.05. The summed E-state index contributed by atoms with van der Waals surface area (Å²) in [5.41, 5.74) is 6.32. The number of likely N-dealkylation sites (tertiary alicyclic amines) is 1. The molecule has 1 unspecified atom stereocenters. The molecule has 1 heterocycles. The minimum absolute atomic E-state index is 0.348. The number of rotatable bonds is 5. The second-order valence-corrected chi connectivity index (χ2v) is 5.77. The maximum Gasteiger partial charge on any atom is 0.137 e. The molecule has 0 aromatic heterocycles. The highest BCUT2D eigenvalue weighted by Crippen LogP contribution is 2.26. The van der Waals surface area contributed by atoms with Crippen molar-refractivity contribution in [2.24, 2.45) is 5.73 Å². The van der Waals surface area contributed by atoms with Gasteiger partial charge in [-0.05, 0) is 51.1 Å². The zero-order chi connectivity index (χ0) is 13.8. The second kappa shape index (κ2) is 6.55. The lowest BCUT2D eigenvalue weighted by Crippen LogP contribution is -2.26. The van der Waals surface area contributed by atoms with Gasteiger partial charge in [0.2, 0.25) is 0 Å². The van der Waals surface area contributed by atoms with E-state index in [1.807, 2.05) is 12.1 Å². The summed E-state index contributed by atoms with van der Waals surface area (Å²) in [5.74, 6) is 0.697. The van der Waals surface area contributed by atoms with E-state index in [1.54, 1.807) is 6.07 Å². The van der Waals surface area contributed by atoms with Crippen molar-refractivity contribution in [3.05, 3.63) is 28.8 Å². The number of nitrogens with zero attached hydrogens (tertiary/aromatic N) is 1. The van der Waals surface area contributed by atoms with Crippen LogP contribution < -0.4 is 10.5 Å². The lowest BCUT2D eigenvalue weighted by atomic mass is 10.1. The van der Waals surface area contributed by atoms with Gasteiger partial charge in [-0.25, -0.2) is 0 Å². The molecule has 0 amide bonds.